The van der Waals surface area contributed by atoms with Crippen LogP contribution in [0.2, 0.25) is 0 Å². The highest BCUT2D eigenvalue weighted by Gasteiger charge is 2.34. The molecule has 0 amide bonds. The highest BCUT2D eigenvalue weighted by molar-refractivity contribution is 7.89. The molecule has 142 valence electrons. The lowest BCUT2D eigenvalue weighted by Crippen LogP contribution is -2.29. The zero-order valence-electron chi connectivity index (χ0n) is 14.9. The summed E-state index contributed by atoms with van der Waals surface area (Å²) in [6.45, 7) is 2.77. The van der Waals surface area contributed by atoms with Gasteiger partial charge in [-0.3, -0.25) is 0 Å². The number of para-hydroxylation sites is 2. The maximum atomic E-state index is 14.1. The molecule has 1 fully saturated rings. The first-order valence-corrected chi connectivity index (χ1v) is 10.3. The van der Waals surface area contributed by atoms with Crippen LogP contribution in [0.15, 0.2) is 53.7 Å². The highest BCUT2D eigenvalue weighted by Crippen LogP contribution is 2.31. The lowest BCUT2D eigenvalue weighted by molar-refractivity contribution is 0.321. The first-order chi connectivity index (χ1) is 13.0. The molecule has 0 N–H and O–H groups in total. The van der Waals surface area contributed by atoms with E-state index in [1.165, 1.54) is 16.4 Å². The first kappa shape index (κ1) is 17.9. The third-order valence-corrected chi connectivity index (χ3v) is 6.70. The zero-order valence-corrected chi connectivity index (χ0v) is 15.7. The summed E-state index contributed by atoms with van der Waals surface area (Å²) in [5, 5.41) is 0. The molecule has 1 aliphatic rings. The number of nitrogens with zero attached hydrogens (tertiary/aromatic N) is 3. The Morgan fingerprint density at radius 1 is 1.26 bits per heavy atom. The van der Waals surface area contributed by atoms with Crippen molar-refractivity contribution < 1.29 is 17.5 Å². The van der Waals surface area contributed by atoms with Crippen LogP contribution in [-0.2, 0) is 10.0 Å². The van der Waals surface area contributed by atoms with E-state index in [0.717, 1.165) is 17.1 Å². The largest absolute Gasteiger partial charge is 0.491 e. The lowest BCUT2D eigenvalue weighted by atomic mass is 10.2. The average Bonchev–Trinajstić information content (AvgIpc) is 3.30. The molecule has 4 rings (SSSR count). The molecule has 1 atom stereocenters. The Morgan fingerprint density at radius 2 is 2.07 bits per heavy atom. The summed E-state index contributed by atoms with van der Waals surface area (Å²) in [7, 11) is -3.77. The van der Waals surface area contributed by atoms with Crippen molar-refractivity contribution in [3.05, 3.63) is 54.6 Å². The van der Waals surface area contributed by atoms with Crippen LogP contribution in [0.1, 0.15) is 19.4 Å². The fourth-order valence-corrected chi connectivity index (χ4v) is 4.99. The fourth-order valence-electron chi connectivity index (χ4n) is 3.49. The van der Waals surface area contributed by atoms with Gasteiger partial charge in [0.15, 0.2) is 11.6 Å². The number of hydrogen-bond acceptors (Lipinski definition) is 4. The SMILES string of the molecule is CCOc1ccc(S(=O)(=O)N2CCC(n3cnc4ccccc43)C2)cc1F. The lowest BCUT2D eigenvalue weighted by Gasteiger charge is -2.18. The Hall–Kier alpha value is -2.45. The second-order valence-electron chi connectivity index (χ2n) is 6.47. The predicted octanol–water partition coefficient (Wildman–Crippen LogP) is 3.21. The second kappa shape index (κ2) is 6.94. The van der Waals surface area contributed by atoms with E-state index in [2.05, 4.69) is 4.98 Å². The van der Waals surface area contributed by atoms with Crippen LogP contribution >= 0.6 is 0 Å². The summed E-state index contributed by atoms with van der Waals surface area (Å²) in [6, 6.07) is 11.5. The molecule has 0 bridgehead atoms. The molecule has 1 aliphatic heterocycles. The quantitative estimate of drug-likeness (QED) is 0.672. The summed E-state index contributed by atoms with van der Waals surface area (Å²) in [5.74, 6) is -0.616. The monoisotopic (exact) mass is 389 g/mol. The van der Waals surface area contributed by atoms with Crippen LogP contribution in [0.3, 0.4) is 0 Å². The zero-order chi connectivity index (χ0) is 19.0. The van der Waals surface area contributed by atoms with E-state index in [1.54, 1.807) is 13.3 Å². The second-order valence-corrected chi connectivity index (χ2v) is 8.41. The molecule has 27 heavy (non-hydrogen) atoms. The van der Waals surface area contributed by atoms with Crippen LogP contribution in [-0.4, -0.2) is 42.0 Å². The molecule has 0 aliphatic carbocycles. The number of fused-ring (bicyclic) bond motifs is 1. The van der Waals surface area contributed by atoms with Crippen molar-refractivity contribution >= 4 is 21.1 Å². The molecule has 2 aromatic carbocycles. The normalized spacial score (nSPS) is 18.2. The number of ether oxygens (including phenoxy) is 1. The Morgan fingerprint density at radius 3 is 2.85 bits per heavy atom. The minimum absolute atomic E-state index is 0.000259. The van der Waals surface area contributed by atoms with Gasteiger partial charge in [-0.15, -0.1) is 0 Å². The van der Waals surface area contributed by atoms with Gasteiger partial charge in [0, 0.05) is 13.1 Å². The summed E-state index contributed by atoms with van der Waals surface area (Å²) in [4.78, 5) is 4.32. The van der Waals surface area contributed by atoms with Gasteiger partial charge in [-0.1, -0.05) is 12.1 Å². The van der Waals surface area contributed by atoms with E-state index in [1.807, 2.05) is 28.8 Å². The number of benzene rings is 2. The van der Waals surface area contributed by atoms with Crippen molar-refractivity contribution in [3.63, 3.8) is 0 Å². The van der Waals surface area contributed by atoms with Crippen LogP contribution < -0.4 is 4.74 Å². The van der Waals surface area contributed by atoms with Crippen molar-refractivity contribution in [3.8, 4) is 5.75 Å². The number of imidazole rings is 1. The molecule has 1 unspecified atom stereocenters. The van der Waals surface area contributed by atoms with E-state index < -0.39 is 15.8 Å². The summed E-state index contributed by atoms with van der Waals surface area (Å²) in [5.41, 5.74) is 1.86. The third-order valence-electron chi connectivity index (χ3n) is 4.84. The molecule has 1 aromatic heterocycles. The molecule has 6 nitrogen and oxygen atoms in total. The van der Waals surface area contributed by atoms with Gasteiger partial charge in [0.25, 0.3) is 0 Å². The first-order valence-electron chi connectivity index (χ1n) is 8.85. The van der Waals surface area contributed by atoms with Gasteiger partial charge in [-0.2, -0.15) is 4.31 Å². The fraction of sp³-hybridized carbons (Fsp3) is 0.316. The predicted molar refractivity (Wildman–Crippen MR) is 99.7 cm³/mol. The van der Waals surface area contributed by atoms with E-state index in [-0.39, 0.29) is 16.7 Å². The van der Waals surface area contributed by atoms with Gasteiger partial charge >= 0.3 is 0 Å². The smallest absolute Gasteiger partial charge is 0.243 e. The van der Waals surface area contributed by atoms with E-state index in [4.69, 9.17) is 4.74 Å². The standard InChI is InChI=1S/C19H20FN3O3S/c1-2-26-19-8-7-15(11-16(19)20)27(24,25)22-10-9-14(12-22)23-13-21-17-5-3-4-6-18(17)23/h3-8,11,13-14H,2,9-10,12H2,1H3. The van der Waals surface area contributed by atoms with Crippen LogP contribution in [0, 0.1) is 5.82 Å². The molecule has 0 saturated carbocycles. The highest BCUT2D eigenvalue weighted by atomic mass is 32.2. The van der Waals surface area contributed by atoms with Crippen molar-refractivity contribution in [2.24, 2.45) is 0 Å². The molecule has 0 spiro atoms. The van der Waals surface area contributed by atoms with E-state index in [0.29, 0.717) is 26.1 Å². The van der Waals surface area contributed by atoms with Gasteiger partial charge in [0.05, 0.1) is 34.9 Å². The summed E-state index contributed by atoms with van der Waals surface area (Å²) in [6.07, 6.45) is 2.43. The van der Waals surface area contributed by atoms with Crippen LogP contribution in [0.4, 0.5) is 4.39 Å². The van der Waals surface area contributed by atoms with Gasteiger partial charge in [-0.05, 0) is 43.7 Å². The molecule has 1 saturated heterocycles. The van der Waals surface area contributed by atoms with Gasteiger partial charge in [-0.25, -0.2) is 17.8 Å². The molecule has 2 heterocycles. The van der Waals surface area contributed by atoms with Gasteiger partial charge in [0.2, 0.25) is 10.0 Å². The molecule has 3 aromatic rings. The molecule has 0 radical (unpaired) electrons. The number of rotatable bonds is 5. The van der Waals surface area contributed by atoms with Crippen molar-refractivity contribution in [2.45, 2.75) is 24.3 Å². The minimum Gasteiger partial charge on any atom is -0.491 e. The maximum absolute atomic E-state index is 14.1. The number of sulfonamides is 1. The maximum Gasteiger partial charge on any atom is 0.243 e. The van der Waals surface area contributed by atoms with Crippen LogP contribution in [0.25, 0.3) is 11.0 Å². The summed E-state index contributed by atoms with van der Waals surface area (Å²) < 4.78 is 48.5. The number of aromatic nitrogens is 2. The molecular weight excluding hydrogens is 369 g/mol. The number of halogens is 1. The third kappa shape index (κ3) is 3.19. The Labute approximate surface area is 157 Å². The Bertz CT molecular complexity index is 1080. The molecule has 8 heteroatoms. The van der Waals surface area contributed by atoms with Crippen molar-refractivity contribution in [1.29, 1.82) is 0 Å². The van der Waals surface area contributed by atoms with Gasteiger partial charge in [0.1, 0.15) is 0 Å². The van der Waals surface area contributed by atoms with Crippen LogP contribution in [0.5, 0.6) is 5.75 Å². The topological polar surface area (TPSA) is 64.4 Å². The van der Waals surface area contributed by atoms with Crippen molar-refractivity contribution in [2.75, 3.05) is 19.7 Å². The Kier molecular flexibility index (Phi) is 4.61. The minimum atomic E-state index is -3.77. The van der Waals surface area contributed by atoms with Gasteiger partial charge < -0.3 is 9.30 Å². The Balaban J connectivity index is 1.58. The summed E-state index contributed by atoms with van der Waals surface area (Å²) >= 11 is 0. The van der Waals surface area contributed by atoms with E-state index in [9.17, 15) is 12.8 Å². The van der Waals surface area contributed by atoms with E-state index >= 15 is 0 Å². The number of hydrogen-bond donors (Lipinski definition) is 0. The molecular formula is C19H20FN3O3S. The average molecular weight is 389 g/mol. The van der Waals surface area contributed by atoms with Crippen molar-refractivity contribution in [1.82, 2.24) is 13.9 Å².